The fourth-order valence-corrected chi connectivity index (χ4v) is 3.81. The first-order valence-electron chi connectivity index (χ1n) is 7.75. The lowest BCUT2D eigenvalue weighted by molar-refractivity contribution is -0.133. The number of nitrogens with zero attached hydrogens (tertiary/aromatic N) is 2. The number of amides is 3. The van der Waals surface area contributed by atoms with E-state index in [0.29, 0.717) is 19.1 Å². The average molecular weight is 353 g/mol. The summed E-state index contributed by atoms with van der Waals surface area (Å²) in [5.74, 6) is -0.0244. The molecule has 0 radical (unpaired) electrons. The van der Waals surface area contributed by atoms with Crippen LogP contribution in [0.15, 0.2) is 0 Å². The van der Waals surface area contributed by atoms with E-state index in [2.05, 4.69) is 15.5 Å². The lowest BCUT2D eigenvalue weighted by Crippen LogP contribution is -2.61. The van der Waals surface area contributed by atoms with Crippen molar-refractivity contribution in [2.45, 2.75) is 44.2 Å². The third kappa shape index (κ3) is 3.35. The van der Waals surface area contributed by atoms with Crippen molar-refractivity contribution in [3.8, 4) is 0 Å². The largest absolute Gasteiger partial charge is 0.325 e. The molecule has 3 heterocycles. The van der Waals surface area contributed by atoms with E-state index in [1.807, 2.05) is 6.92 Å². The van der Waals surface area contributed by atoms with Gasteiger partial charge < -0.3 is 10.6 Å². The molecule has 1 unspecified atom stereocenters. The number of carbonyl (C=O) groups is 2. The Morgan fingerprint density at radius 2 is 1.91 bits per heavy atom. The molecule has 2 N–H and O–H groups in total. The second kappa shape index (κ2) is 7.81. The van der Waals surface area contributed by atoms with Crippen LogP contribution < -0.4 is 10.6 Å². The quantitative estimate of drug-likeness (QED) is 0.727. The first-order chi connectivity index (χ1) is 9.66. The predicted octanol–water partition coefficient (Wildman–Crippen LogP) is 0.988. The van der Waals surface area contributed by atoms with Gasteiger partial charge in [-0.1, -0.05) is 0 Å². The molecule has 128 valence electrons. The van der Waals surface area contributed by atoms with Gasteiger partial charge in [0.25, 0.3) is 5.91 Å². The highest BCUT2D eigenvalue weighted by Gasteiger charge is 2.53. The van der Waals surface area contributed by atoms with E-state index in [1.54, 1.807) is 0 Å². The Hall–Kier alpha value is -0.560. The Balaban J connectivity index is 0.00000121. The third-order valence-corrected chi connectivity index (χ3v) is 4.91. The van der Waals surface area contributed by atoms with Crippen LogP contribution in [0.1, 0.15) is 32.6 Å². The lowest BCUT2D eigenvalue weighted by Gasteiger charge is -2.43. The number of urea groups is 1. The molecular formula is C14H26Cl2N4O2. The fraction of sp³-hybridized carbons (Fsp3) is 0.857. The zero-order chi connectivity index (χ0) is 14.2. The van der Waals surface area contributed by atoms with Gasteiger partial charge in [-0.15, -0.1) is 24.8 Å². The summed E-state index contributed by atoms with van der Waals surface area (Å²) in [6.45, 7) is 6.13. The minimum absolute atomic E-state index is 0. The van der Waals surface area contributed by atoms with Crippen molar-refractivity contribution in [1.82, 2.24) is 20.4 Å². The number of rotatable bonds is 2. The standard InChI is InChI=1S/C14H24N4O2.2ClH/c1-2-18-12(19)14(16-13(18)20)6-3-9-17(10-14)11-4-7-15-8-5-11;;/h11,15H,2-10H2,1H3,(H,16,20);2*1H. The van der Waals surface area contributed by atoms with Crippen LogP contribution in [-0.4, -0.2) is 66.0 Å². The highest BCUT2D eigenvalue weighted by molar-refractivity contribution is 6.07. The fourth-order valence-electron chi connectivity index (χ4n) is 3.81. The summed E-state index contributed by atoms with van der Waals surface area (Å²) < 4.78 is 0. The van der Waals surface area contributed by atoms with Gasteiger partial charge in [0.2, 0.25) is 0 Å². The molecular weight excluding hydrogens is 327 g/mol. The van der Waals surface area contributed by atoms with Crippen molar-refractivity contribution >= 4 is 36.8 Å². The average Bonchev–Trinajstić information content (AvgIpc) is 2.70. The number of likely N-dealkylation sites (N-methyl/N-ethyl adjacent to an activating group) is 1. The van der Waals surface area contributed by atoms with Crippen molar-refractivity contribution in [3.63, 3.8) is 0 Å². The summed E-state index contributed by atoms with van der Waals surface area (Å²) in [7, 11) is 0. The summed E-state index contributed by atoms with van der Waals surface area (Å²) in [5, 5.41) is 6.34. The van der Waals surface area contributed by atoms with Crippen LogP contribution in [0.4, 0.5) is 4.79 Å². The Morgan fingerprint density at radius 1 is 1.23 bits per heavy atom. The molecule has 0 aromatic heterocycles. The van der Waals surface area contributed by atoms with Crippen molar-refractivity contribution in [2.75, 3.05) is 32.7 Å². The number of likely N-dealkylation sites (tertiary alicyclic amines) is 1. The SMILES string of the molecule is CCN1C(=O)NC2(CCCN(C3CCNCC3)C2)C1=O.Cl.Cl. The summed E-state index contributed by atoms with van der Waals surface area (Å²) in [6, 6.07) is 0.332. The van der Waals surface area contributed by atoms with Gasteiger partial charge in [0.05, 0.1) is 0 Å². The molecule has 3 aliphatic heterocycles. The first kappa shape index (κ1) is 19.5. The molecule has 3 saturated heterocycles. The molecule has 0 aromatic carbocycles. The smallest absolute Gasteiger partial charge is 0.322 e. The van der Waals surface area contributed by atoms with Gasteiger partial charge in [-0.2, -0.15) is 0 Å². The summed E-state index contributed by atoms with van der Waals surface area (Å²) in [6.07, 6.45) is 4.02. The molecule has 22 heavy (non-hydrogen) atoms. The van der Waals surface area contributed by atoms with Gasteiger partial charge in [-0.25, -0.2) is 4.79 Å². The number of halogens is 2. The molecule has 1 spiro atoms. The molecule has 0 aliphatic carbocycles. The summed E-state index contributed by atoms with van der Waals surface area (Å²) in [5.41, 5.74) is -0.657. The second-order valence-electron chi connectivity index (χ2n) is 6.12. The van der Waals surface area contributed by atoms with Crippen LogP contribution in [0, 0.1) is 0 Å². The van der Waals surface area contributed by atoms with Crippen molar-refractivity contribution in [1.29, 1.82) is 0 Å². The maximum atomic E-state index is 12.6. The van der Waals surface area contributed by atoms with Crippen LogP contribution in [-0.2, 0) is 4.79 Å². The molecule has 3 fully saturated rings. The molecule has 6 nitrogen and oxygen atoms in total. The Bertz CT molecular complexity index is 418. The second-order valence-corrected chi connectivity index (χ2v) is 6.12. The summed E-state index contributed by atoms with van der Waals surface area (Å²) in [4.78, 5) is 28.3. The minimum atomic E-state index is -0.657. The number of carbonyl (C=O) groups excluding carboxylic acids is 2. The van der Waals surface area contributed by atoms with Crippen LogP contribution >= 0.6 is 24.8 Å². The van der Waals surface area contributed by atoms with E-state index in [-0.39, 0.29) is 36.8 Å². The van der Waals surface area contributed by atoms with Gasteiger partial charge in [0.1, 0.15) is 5.54 Å². The minimum Gasteiger partial charge on any atom is -0.322 e. The lowest BCUT2D eigenvalue weighted by atomic mass is 9.87. The number of hydrogen-bond donors (Lipinski definition) is 2. The number of piperidine rings is 2. The molecule has 0 bridgehead atoms. The predicted molar refractivity (Wildman–Crippen MR) is 89.8 cm³/mol. The van der Waals surface area contributed by atoms with Gasteiger partial charge in [-0.05, 0) is 52.2 Å². The number of nitrogens with one attached hydrogen (secondary N) is 2. The topological polar surface area (TPSA) is 64.7 Å². The van der Waals surface area contributed by atoms with Crippen molar-refractivity contribution in [3.05, 3.63) is 0 Å². The molecule has 8 heteroatoms. The first-order valence-corrected chi connectivity index (χ1v) is 7.75. The maximum absolute atomic E-state index is 12.6. The Kier molecular flexibility index (Phi) is 6.92. The zero-order valence-electron chi connectivity index (χ0n) is 13.0. The van der Waals surface area contributed by atoms with Crippen molar-refractivity contribution in [2.24, 2.45) is 0 Å². The van der Waals surface area contributed by atoms with Gasteiger partial charge in [0, 0.05) is 19.1 Å². The molecule has 3 amide bonds. The van der Waals surface area contributed by atoms with Gasteiger partial charge >= 0.3 is 6.03 Å². The molecule has 3 aliphatic rings. The Labute approximate surface area is 144 Å². The van der Waals surface area contributed by atoms with E-state index in [1.165, 1.54) is 4.90 Å². The molecule has 0 aromatic rings. The van der Waals surface area contributed by atoms with Crippen LogP contribution in [0.25, 0.3) is 0 Å². The molecule has 0 saturated carbocycles. The highest BCUT2D eigenvalue weighted by atomic mass is 35.5. The van der Waals surface area contributed by atoms with Gasteiger partial charge in [-0.3, -0.25) is 14.6 Å². The van der Waals surface area contributed by atoms with E-state index in [0.717, 1.165) is 45.3 Å². The van der Waals surface area contributed by atoms with E-state index >= 15 is 0 Å². The van der Waals surface area contributed by atoms with E-state index in [9.17, 15) is 9.59 Å². The summed E-state index contributed by atoms with van der Waals surface area (Å²) >= 11 is 0. The highest BCUT2D eigenvalue weighted by Crippen LogP contribution is 2.30. The van der Waals surface area contributed by atoms with Crippen LogP contribution in [0.3, 0.4) is 0 Å². The third-order valence-electron chi connectivity index (χ3n) is 4.91. The molecule has 3 rings (SSSR count). The number of hydrogen-bond acceptors (Lipinski definition) is 4. The maximum Gasteiger partial charge on any atom is 0.325 e. The monoisotopic (exact) mass is 352 g/mol. The zero-order valence-corrected chi connectivity index (χ0v) is 14.6. The van der Waals surface area contributed by atoms with Crippen molar-refractivity contribution < 1.29 is 9.59 Å². The number of imide groups is 1. The van der Waals surface area contributed by atoms with Crippen LogP contribution in [0.5, 0.6) is 0 Å². The van der Waals surface area contributed by atoms with Crippen LogP contribution in [0.2, 0.25) is 0 Å². The van der Waals surface area contributed by atoms with Gasteiger partial charge in [0.15, 0.2) is 0 Å². The van der Waals surface area contributed by atoms with E-state index in [4.69, 9.17) is 0 Å². The van der Waals surface area contributed by atoms with E-state index < -0.39 is 5.54 Å². The Morgan fingerprint density at radius 3 is 2.50 bits per heavy atom. The molecule has 1 atom stereocenters. The normalized spacial score (nSPS) is 30.0.